The maximum absolute atomic E-state index is 12.3. The lowest BCUT2D eigenvalue weighted by Gasteiger charge is -2.05. The Morgan fingerprint density at radius 2 is 1.88 bits per heavy atom. The van der Waals surface area contributed by atoms with Crippen molar-refractivity contribution in [3.05, 3.63) is 52.5 Å². The van der Waals surface area contributed by atoms with Crippen LogP contribution in [0.25, 0.3) is 11.3 Å². The zero-order valence-electron chi connectivity index (χ0n) is 19.1. The van der Waals surface area contributed by atoms with Crippen molar-refractivity contribution >= 4 is 28.3 Å². The zero-order chi connectivity index (χ0) is 23.3. The van der Waals surface area contributed by atoms with E-state index in [1.807, 2.05) is 26.0 Å². The van der Waals surface area contributed by atoms with Crippen LogP contribution in [-0.4, -0.2) is 28.5 Å². The van der Waals surface area contributed by atoms with Crippen molar-refractivity contribution < 1.29 is 18.7 Å². The van der Waals surface area contributed by atoms with E-state index in [2.05, 4.69) is 41.3 Å². The topological polar surface area (TPSA) is 94.3 Å². The molecule has 0 aliphatic rings. The molecule has 0 saturated heterocycles. The van der Waals surface area contributed by atoms with E-state index in [1.54, 1.807) is 13.1 Å². The van der Waals surface area contributed by atoms with Crippen LogP contribution < -0.4 is 5.32 Å². The van der Waals surface area contributed by atoms with Crippen molar-refractivity contribution in [2.24, 2.45) is 5.92 Å². The number of benzene rings is 1. The number of oxazole rings is 1. The van der Waals surface area contributed by atoms with Crippen LogP contribution >= 0.6 is 11.3 Å². The summed E-state index contributed by atoms with van der Waals surface area (Å²) in [5, 5.41) is 3.12. The third-order valence-electron chi connectivity index (χ3n) is 4.76. The highest BCUT2D eigenvalue weighted by Crippen LogP contribution is 2.25. The molecule has 0 radical (unpaired) electrons. The average molecular weight is 456 g/mol. The van der Waals surface area contributed by atoms with Crippen LogP contribution in [0.2, 0.25) is 0 Å². The van der Waals surface area contributed by atoms with Crippen LogP contribution in [0, 0.1) is 12.8 Å². The normalized spacial score (nSPS) is 11.2. The molecule has 0 aliphatic carbocycles. The van der Waals surface area contributed by atoms with Crippen molar-refractivity contribution in [2.45, 2.75) is 53.4 Å². The molecule has 170 valence electrons. The number of aromatic nitrogens is 2. The number of carbonyl (C=O) groups is 2. The number of hydrogen-bond acceptors (Lipinski definition) is 7. The lowest BCUT2D eigenvalue weighted by Crippen LogP contribution is -2.12. The first-order chi connectivity index (χ1) is 15.2. The number of anilines is 1. The van der Waals surface area contributed by atoms with Gasteiger partial charge in [0.25, 0.3) is 0 Å². The molecule has 0 aliphatic heterocycles. The Morgan fingerprint density at radius 3 is 2.53 bits per heavy atom. The Bertz CT molecular complexity index is 1070. The monoisotopic (exact) mass is 455 g/mol. The maximum Gasteiger partial charge on any atom is 0.350 e. The highest BCUT2D eigenvalue weighted by Gasteiger charge is 2.18. The van der Waals surface area contributed by atoms with Crippen LogP contribution in [0.3, 0.4) is 0 Å². The molecule has 8 heteroatoms. The Balaban J connectivity index is 1.53. The maximum atomic E-state index is 12.3. The number of carbonyl (C=O) groups excluding carboxylic acids is 2. The van der Waals surface area contributed by atoms with E-state index in [-0.39, 0.29) is 18.2 Å². The van der Waals surface area contributed by atoms with Gasteiger partial charge in [-0.2, -0.15) is 0 Å². The standard InChI is InChI=1S/C24H29N3O4S/c1-14(2)13-30-23(29)22-16(5)26-24(32-22)27-20(28)10-11-21-25-12-19(31-21)18-8-6-17(7-9-18)15(3)4/h6-9,12,14-15H,10-11,13H2,1-5H3,(H,26,27,28). The number of nitrogens with one attached hydrogen (secondary N) is 1. The van der Waals surface area contributed by atoms with E-state index < -0.39 is 5.97 Å². The average Bonchev–Trinajstić information content (AvgIpc) is 3.37. The number of thiazole rings is 1. The van der Waals surface area contributed by atoms with Crippen LogP contribution in [0.15, 0.2) is 34.9 Å². The Morgan fingerprint density at radius 1 is 1.16 bits per heavy atom. The van der Waals surface area contributed by atoms with Gasteiger partial charge in [0.2, 0.25) is 5.91 Å². The van der Waals surface area contributed by atoms with Gasteiger partial charge in [-0.25, -0.2) is 14.8 Å². The molecule has 2 aromatic heterocycles. The number of rotatable bonds is 9. The number of amides is 1. The summed E-state index contributed by atoms with van der Waals surface area (Å²) < 4.78 is 11.1. The van der Waals surface area contributed by atoms with E-state index in [0.29, 0.717) is 46.3 Å². The lowest BCUT2D eigenvalue weighted by atomic mass is 10.0. The summed E-state index contributed by atoms with van der Waals surface area (Å²) in [4.78, 5) is 33.5. The summed E-state index contributed by atoms with van der Waals surface area (Å²) >= 11 is 1.12. The molecule has 0 atom stereocenters. The molecule has 1 aromatic carbocycles. The molecular formula is C24H29N3O4S. The van der Waals surface area contributed by atoms with Gasteiger partial charge in [0, 0.05) is 18.4 Å². The molecule has 3 rings (SSSR count). The first-order valence-electron chi connectivity index (χ1n) is 10.7. The molecular weight excluding hydrogens is 426 g/mol. The zero-order valence-corrected chi connectivity index (χ0v) is 19.9. The molecule has 0 saturated carbocycles. The minimum absolute atomic E-state index is 0.192. The smallest absolute Gasteiger partial charge is 0.350 e. The van der Waals surface area contributed by atoms with Crippen molar-refractivity contribution in [3.63, 3.8) is 0 Å². The third kappa shape index (κ3) is 6.26. The van der Waals surface area contributed by atoms with Crippen LogP contribution in [0.1, 0.15) is 66.9 Å². The van der Waals surface area contributed by atoms with E-state index in [1.165, 1.54) is 5.56 Å². The molecule has 0 spiro atoms. The van der Waals surface area contributed by atoms with Gasteiger partial charge < -0.3 is 14.5 Å². The summed E-state index contributed by atoms with van der Waals surface area (Å²) in [6, 6.07) is 8.19. The van der Waals surface area contributed by atoms with Gasteiger partial charge in [-0.05, 0) is 24.3 Å². The van der Waals surface area contributed by atoms with Crippen molar-refractivity contribution in [3.8, 4) is 11.3 Å². The Kier molecular flexibility index (Phi) is 7.80. The highest BCUT2D eigenvalue weighted by atomic mass is 32.1. The van der Waals surface area contributed by atoms with Gasteiger partial charge in [0.15, 0.2) is 16.8 Å². The van der Waals surface area contributed by atoms with Gasteiger partial charge >= 0.3 is 5.97 Å². The molecule has 32 heavy (non-hydrogen) atoms. The number of esters is 1. The summed E-state index contributed by atoms with van der Waals surface area (Å²) in [7, 11) is 0. The third-order valence-corrected chi connectivity index (χ3v) is 5.81. The van der Waals surface area contributed by atoms with Gasteiger partial charge in [-0.3, -0.25) is 4.79 Å². The van der Waals surface area contributed by atoms with E-state index >= 15 is 0 Å². The molecule has 1 N–H and O–H groups in total. The number of ether oxygens (including phenoxy) is 1. The van der Waals surface area contributed by atoms with Crippen molar-refractivity contribution in [2.75, 3.05) is 11.9 Å². The summed E-state index contributed by atoms with van der Waals surface area (Å²) in [5.41, 5.74) is 2.76. The predicted octanol–water partition coefficient (Wildman–Crippen LogP) is 5.61. The second kappa shape index (κ2) is 10.5. The van der Waals surface area contributed by atoms with Gasteiger partial charge in [-0.1, -0.05) is 63.3 Å². The lowest BCUT2D eigenvalue weighted by molar-refractivity contribution is -0.116. The Hall–Kier alpha value is -3.00. The van der Waals surface area contributed by atoms with Crippen molar-refractivity contribution in [1.82, 2.24) is 9.97 Å². The Labute approximate surface area is 192 Å². The molecule has 1 amide bonds. The molecule has 3 aromatic rings. The SMILES string of the molecule is Cc1nc(NC(=O)CCc2ncc(-c3ccc(C(C)C)cc3)o2)sc1C(=O)OCC(C)C. The first kappa shape index (κ1) is 23.7. The molecule has 7 nitrogen and oxygen atoms in total. The van der Waals surface area contributed by atoms with Gasteiger partial charge in [0.1, 0.15) is 4.88 Å². The fourth-order valence-electron chi connectivity index (χ4n) is 2.94. The van der Waals surface area contributed by atoms with Crippen LogP contribution in [0.5, 0.6) is 0 Å². The molecule has 0 unspecified atom stereocenters. The van der Waals surface area contributed by atoms with E-state index in [0.717, 1.165) is 16.9 Å². The fraction of sp³-hybridized carbons (Fsp3) is 0.417. The minimum Gasteiger partial charge on any atom is -0.461 e. The molecule has 0 bridgehead atoms. The summed E-state index contributed by atoms with van der Waals surface area (Å²) in [6.45, 7) is 10.3. The second-order valence-corrected chi connectivity index (χ2v) is 9.37. The fourth-order valence-corrected chi connectivity index (χ4v) is 3.82. The quantitative estimate of drug-likeness (QED) is 0.421. The second-order valence-electron chi connectivity index (χ2n) is 8.37. The van der Waals surface area contributed by atoms with Crippen LogP contribution in [0.4, 0.5) is 5.13 Å². The van der Waals surface area contributed by atoms with Crippen LogP contribution in [-0.2, 0) is 16.0 Å². The first-order valence-corrected chi connectivity index (χ1v) is 11.5. The predicted molar refractivity (Wildman–Crippen MR) is 125 cm³/mol. The van der Waals surface area contributed by atoms with Gasteiger partial charge in [-0.15, -0.1) is 0 Å². The number of hydrogen-bond donors (Lipinski definition) is 1. The number of nitrogens with zero attached hydrogens (tertiary/aromatic N) is 2. The van der Waals surface area contributed by atoms with Crippen molar-refractivity contribution in [1.29, 1.82) is 0 Å². The van der Waals surface area contributed by atoms with E-state index in [9.17, 15) is 9.59 Å². The summed E-state index contributed by atoms with van der Waals surface area (Å²) in [5.74, 6) is 1.26. The minimum atomic E-state index is -0.414. The highest BCUT2D eigenvalue weighted by molar-refractivity contribution is 7.17. The molecule has 2 heterocycles. The summed E-state index contributed by atoms with van der Waals surface area (Å²) in [6.07, 6.45) is 2.23. The number of aryl methyl sites for hydroxylation is 2. The largest absolute Gasteiger partial charge is 0.461 e. The van der Waals surface area contributed by atoms with E-state index in [4.69, 9.17) is 9.15 Å². The molecule has 0 fully saturated rings. The van der Waals surface area contributed by atoms with Gasteiger partial charge in [0.05, 0.1) is 18.5 Å².